The minimum absolute atomic E-state index is 0.0397. The standard InChI is InChI=1S/C16H22N4O3.C2HF3O2/c1-2-5-19-6-8-22-13-16(11-19)12-20(7-9-23-16)15(21)14-3-4-17-18-10-14;3-2(4,5)1(6)7/h2-4,10H,1,5-9,11-13H2;(H,6,7). The third-order valence-electron chi connectivity index (χ3n) is 4.43. The molecule has 2 saturated heterocycles. The number of aliphatic carboxylic acids is 1. The van der Waals surface area contributed by atoms with Crippen LogP contribution in [0.15, 0.2) is 31.1 Å². The second-order valence-electron chi connectivity index (χ2n) is 6.77. The predicted molar refractivity (Wildman–Crippen MR) is 97.8 cm³/mol. The van der Waals surface area contributed by atoms with Crippen molar-refractivity contribution in [3.8, 4) is 0 Å². The summed E-state index contributed by atoms with van der Waals surface area (Å²) in [7, 11) is 0. The molecular formula is C18H23F3N4O5. The molecule has 2 aliphatic heterocycles. The van der Waals surface area contributed by atoms with E-state index in [4.69, 9.17) is 19.4 Å². The number of carboxylic acid groups (broad SMARTS) is 1. The molecule has 0 radical (unpaired) electrons. The first kappa shape index (κ1) is 23.7. The number of carbonyl (C=O) groups is 2. The van der Waals surface area contributed by atoms with Crippen LogP contribution >= 0.6 is 0 Å². The lowest BCUT2D eigenvalue weighted by molar-refractivity contribution is -0.192. The van der Waals surface area contributed by atoms with E-state index in [1.165, 1.54) is 12.4 Å². The van der Waals surface area contributed by atoms with Crippen molar-refractivity contribution in [3.63, 3.8) is 0 Å². The fraction of sp³-hybridized carbons (Fsp3) is 0.556. The fourth-order valence-electron chi connectivity index (χ4n) is 3.12. The molecule has 0 aliphatic carbocycles. The average Bonchev–Trinajstić information content (AvgIpc) is 2.90. The van der Waals surface area contributed by atoms with Crippen LogP contribution in [0.1, 0.15) is 10.4 Å². The minimum Gasteiger partial charge on any atom is -0.475 e. The molecule has 2 fully saturated rings. The smallest absolute Gasteiger partial charge is 0.475 e. The second-order valence-corrected chi connectivity index (χ2v) is 6.77. The molecule has 166 valence electrons. The lowest BCUT2D eigenvalue weighted by Crippen LogP contribution is -2.59. The molecular weight excluding hydrogens is 409 g/mol. The molecule has 2 aliphatic rings. The van der Waals surface area contributed by atoms with E-state index >= 15 is 0 Å². The molecule has 1 aromatic heterocycles. The molecule has 0 aromatic carbocycles. The summed E-state index contributed by atoms with van der Waals surface area (Å²) in [5, 5.41) is 14.6. The number of nitrogens with zero attached hydrogens (tertiary/aromatic N) is 4. The highest BCUT2D eigenvalue weighted by atomic mass is 19.4. The van der Waals surface area contributed by atoms with Gasteiger partial charge in [0.15, 0.2) is 0 Å². The van der Waals surface area contributed by atoms with Crippen LogP contribution in [-0.4, -0.2) is 101 Å². The maximum Gasteiger partial charge on any atom is 0.490 e. The molecule has 1 spiro atoms. The molecule has 1 amide bonds. The topological polar surface area (TPSA) is 105 Å². The summed E-state index contributed by atoms with van der Waals surface area (Å²) in [5.41, 5.74) is 0.0722. The third kappa shape index (κ3) is 6.75. The number of aromatic nitrogens is 2. The van der Waals surface area contributed by atoms with Crippen LogP contribution in [0.5, 0.6) is 0 Å². The minimum atomic E-state index is -5.08. The summed E-state index contributed by atoms with van der Waals surface area (Å²) in [6.07, 6.45) is -0.171. The van der Waals surface area contributed by atoms with Crippen LogP contribution < -0.4 is 0 Å². The zero-order chi connectivity index (χ0) is 22.2. The largest absolute Gasteiger partial charge is 0.490 e. The number of hydrogen-bond acceptors (Lipinski definition) is 7. The summed E-state index contributed by atoms with van der Waals surface area (Å²) in [6.45, 7) is 8.94. The van der Waals surface area contributed by atoms with Crippen LogP contribution in [-0.2, 0) is 14.3 Å². The Morgan fingerprint density at radius 3 is 2.60 bits per heavy atom. The second kappa shape index (κ2) is 10.5. The van der Waals surface area contributed by atoms with Gasteiger partial charge < -0.3 is 19.5 Å². The van der Waals surface area contributed by atoms with Crippen LogP contribution in [0.3, 0.4) is 0 Å². The normalized spacial score (nSPS) is 22.6. The molecule has 30 heavy (non-hydrogen) atoms. The summed E-state index contributed by atoms with van der Waals surface area (Å²) in [4.78, 5) is 25.6. The molecule has 1 unspecified atom stereocenters. The van der Waals surface area contributed by atoms with Gasteiger partial charge in [-0.2, -0.15) is 23.4 Å². The SMILES string of the molecule is C=CCN1CCOCC2(C1)CN(C(=O)c1ccnnc1)CCO2.O=C(O)C(F)(F)F. The van der Waals surface area contributed by atoms with Gasteiger partial charge >= 0.3 is 12.1 Å². The Kier molecular flexibility index (Phi) is 8.26. The van der Waals surface area contributed by atoms with E-state index in [0.717, 1.165) is 19.6 Å². The van der Waals surface area contributed by atoms with Crippen molar-refractivity contribution in [3.05, 3.63) is 36.7 Å². The van der Waals surface area contributed by atoms with E-state index in [-0.39, 0.29) is 5.91 Å². The maximum atomic E-state index is 12.7. The van der Waals surface area contributed by atoms with Crippen molar-refractivity contribution in [2.45, 2.75) is 11.8 Å². The first-order chi connectivity index (χ1) is 14.2. The third-order valence-corrected chi connectivity index (χ3v) is 4.43. The quantitative estimate of drug-likeness (QED) is 0.701. The van der Waals surface area contributed by atoms with E-state index in [2.05, 4.69) is 21.7 Å². The van der Waals surface area contributed by atoms with Crippen LogP contribution in [0, 0.1) is 0 Å². The monoisotopic (exact) mass is 432 g/mol. The highest BCUT2D eigenvalue weighted by Gasteiger charge is 2.41. The Morgan fingerprint density at radius 1 is 1.27 bits per heavy atom. The number of rotatable bonds is 3. The van der Waals surface area contributed by atoms with Gasteiger partial charge in [-0.05, 0) is 6.07 Å². The highest BCUT2D eigenvalue weighted by molar-refractivity contribution is 5.93. The fourth-order valence-corrected chi connectivity index (χ4v) is 3.12. The van der Waals surface area contributed by atoms with Crippen molar-refractivity contribution in [2.24, 2.45) is 0 Å². The van der Waals surface area contributed by atoms with Gasteiger partial charge in [0.05, 0.1) is 44.3 Å². The lowest BCUT2D eigenvalue weighted by atomic mass is 10.0. The number of ether oxygens (including phenoxy) is 2. The molecule has 0 saturated carbocycles. The van der Waals surface area contributed by atoms with Gasteiger partial charge in [-0.3, -0.25) is 9.69 Å². The zero-order valence-corrected chi connectivity index (χ0v) is 16.2. The van der Waals surface area contributed by atoms with Gasteiger partial charge in [-0.15, -0.1) is 6.58 Å². The Balaban J connectivity index is 0.000000396. The molecule has 9 nitrogen and oxygen atoms in total. The Morgan fingerprint density at radius 2 is 2.00 bits per heavy atom. The van der Waals surface area contributed by atoms with Gasteiger partial charge in [-0.25, -0.2) is 4.79 Å². The number of alkyl halides is 3. The zero-order valence-electron chi connectivity index (χ0n) is 16.2. The van der Waals surface area contributed by atoms with E-state index in [0.29, 0.717) is 38.5 Å². The number of carboxylic acids is 1. The number of halogens is 3. The van der Waals surface area contributed by atoms with Crippen molar-refractivity contribution < 1.29 is 37.3 Å². The van der Waals surface area contributed by atoms with Gasteiger partial charge in [0.2, 0.25) is 0 Å². The van der Waals surface area contributed by atoms with Crippen molar-refractivity contribution in [1.82, 2.24) is 20.0 Å². The highest BCUT2D eigenvalue weighted by Crippen LogP contribution is 2.23. The van der Waals surface area contributed by atoms with Crippen LogP contribution in [0.4, 0.5) is 13.2 Å². The summed E-state index contributed by atoms with van der Waals surface area (Å²) in [5.74, 6) is -2.80. The predicted octanol–water partition coefficient (Wildman–Crippen LogP) is 0.839. The molecule has 3 heterocycles. The van der Waals surface area contributed by atoms with Gasteiger partial charge in [0.25, 0.3) is 5.91 Å². The molecule has 12 heteroatoms. The van der Waals surface area contributed by atoms with Gasteiger partial charge in [0, 0.05) is 26.2 Å². The van der Waals surface area contributed by atoms with Crippen LogP contribution in [0.2, 0.25) is 0 Å². The lowest BCUT2D eigenvalue weighted by Gasteiger charge is -2.43. The van der Waals surface area contributed by atoms with Crippen molar-refractivity contribution in [2.75, 3.05) is 52.5 Å². The van der Waals surface area contributed by atoms with Gasteiger partial charge in [0.1, 0.15) is 5.60 Å². The van der Waals surface area contributed by atoms with Crippen molar-refractivity contribution in [1.29, 1.82) is 0 Å². The molecule has 3 rings (SSSR count). The van der Waals surface area contributed by atoms with E-state index in [9.17, 15) is 18.0 Å². The average molecular weight is 432 g/mol. The Labute approximate surface area is 171 Å². The van der Waals surface area contributed by atoms with Crippen LogP contribution in [0.25, 0.3) is 0 Å². The van der Waals surface area contributed by atoms with Crippen molar-refractivity contribution >= 4 is 11.9 Å². The van der Waals surface area contributed by atoms with E-state index < -0.39 is 17.7 Å². The molecule has 1 atom stereocenters. The maximum absolute atomic E-state index is 12.7. The molecule has 0 bridgehead atoms. The van der Waals surface area contributed by atoms with E-state index in [1.54, 1.807) is 6.07 Å². The number of morpholine rings is 1. The Hall–Kier alpha value is -2.57. The summed E-state index contributed by atoms with van der Waals surface area (Å²) in [6, 6.07) is 1.69. The summed E-state index contributed by atoms with van der Waals surface area (Å²) >= 11 is 0. The van der Waals surface area contributed by atoms with E-state index in [1.807, 2.05) is 11.0 Å². The number of hydrogen-bond donors (Lipinski definition) is 1. The number of carbonyl (C=O) groups excluding carboxylic acids is 1. The number of amides is 1. The Bertz CT molecular complexity index is 734. The molecule has 1 N–H and O–H groups in total. The van der Waals surface area contributed by atoms with Gasteiger partial charge in [-0.1, -0.05) is 6.08 Å². The first-order valence-corrected chi connectivity index (χ1v) is 9.08. The summed E-state index contributed by atoms with van der Waals surface area (Å²) < 4.78 is 43.5. The first-order valence-electron chi connectivity index (χ1n) is 9.08. The molecule has 1 aromatic rings.